The largest absolute Gasteiger partial charge is 0.497 e. The maximum Gasteiger partial charge on any atom is 0.238 e. The molecule has 2 fully saturated rings. The summed E-state index contributed by atoms with van der Waals surface area (Å²) >= 11 is 5.29. The molecule has 6 nitrogen and oxygen atoms in total. The molecule has 1 spiro atoms. The summed E-state index contributed by atoms with van der Waals surface area (Å²) in [5.41, 5.74) is 3.00. The lowest BCUT2D eigenvalue weighted by Crippen LogP contribution is -2.44. The lowest BCUT2D eigenvalue weighted by molar-refractivity contribution is -0.126. The predicted octanol–water partition coefficient (Wildman–Crippen LogP) is 5.15. The molecule has 0 bridgehead atoms. The minimum atomic E-state index is -0.517. The van der Waals surface area contributed by atoms with E-state index in [0.717, 1.165) is 64.4 Å². The standard InChI is InChI=1S/C27H29BrN2O4S/c1-33-20-6-4-18(5-7-20)17-30-25-21(27(26(30)32)8-3-9-27)14-19(15-22(25)28)23(31)16-24(35-2)29-10-12-34-13-11-29/h4-7,14-16H,3,8-13,17H2,1-2H3/b24-16+. The van der Waals surface area contributed by atoms with Crippen molar-refractivity contribution in [1.82, 2.24) is 4.90 Å². The predicted molar refractivity (Wildman–Crippen MR) is 142 cm³/mol. The zero-order chi connectivity index (χ0) is 24.6. The maximum atomic E-state index is 13.7. The van der Waals surface area contributed by atoms with Gasteiger partial charge in [0.15, 0.2) is 5.78 Å². The van der Waals surface area contributed by atoms with Crippen LogP contribution in [0.4, 0.5) is 5.69 Å². The van der Waals surface area contributed by atoms with Gasteiger partial charge in [-0.2, -0.15) is 0 Å². The third-order valence-electron chi connectivity index (χ3n) is 7.28. The van der Waals surface area contributed by atoms with Gasteiger partial charge in [-0.15, -0.1) is 11.8 Å². The van der Waals surface area contributed by atoms with Gasteiger partial charge in [-0.1, -0.05) is 18.6 Å². The van der Waals surface area contributed by atoms with Crippen molar-refractivity contribution in [1.29, 1.82) is 0 Å². The zero-order valence-electron chi connectivity index (χ0n) is 20.0. The summed E-state index contributed by atoms with van der Waals surface area (Å²) in [6.45, 7) is 3.39. The Labute approximate surface area is 218 Å². The highest BCUT2D eigenvalue weighted by Gasteiger charge is 2.55. The number of morpholine rings is 1. The second kappa shape index (κ2) is 9.99. The summed E-state index contributed by atoms with van der Waals surface area (Å²) < 4.78 is 11.5. The molecule has 1 saturated carbocycles. The molecule has 184 valence electrons. The van der Waals surface area contributed by atoms with Gasteiger partial charge < -0.3 is 19.3 Å². The van der Waals surface area contributed by atoms with E-state index in [1.807, 2.05) is 47.6 Å². The lowest BCUT2D eigenvalue weighted by Gasteiger charge is -2.37. The second-order valence-electron chi connectivity index (χ2n) is 9.18. The molecular formula is C27H29BrN2O4S. The molecule has 2 aliphatic heterocycles. The van der Waals surface area contributed by atoms with E-state index >= 15 is 0 Å². The molecule has 2 aromatic carbocycles. The molecule has 2 heterocycles. The number of carbonyl (C=O) groups is 2. The van der Waals surface area contributed by atoms with Gasteiger partial charge in [0.05, 0.1) is 43.0 Å². The Kier molecular flexibility index (Phi) is 6.97. The maximum absolute atomic E-state index is 13.7. The highest BCUT2D eigenvalue weighted by atomic mass is 79.9. The Morgan fingerprint density at radius 2 is 1.91 bits per heavy atom. The first kappa shape index (κ1) is 24.4. The average Bonchev–Trinajstić information content (AvgIpc) is 3.11. The smallest absolute Gasteiger partial charge is 0.238 e. The molecule has 1 amide bonds. The number of anilines is 1. The SMILES string of the molecule is COc1ccc(CN2C(=O)C3(CCC3)c3cc(C(=O)/C=C(/SC)N4CCOCC4)cc(Br)c32)cc1. The highest BCUT2D eigenvalue weighted by molar-refractivity contribution is 9.10. The number of allylic oxidation sites excluding steroid dienone is 1. The van der Waals surface area contributed by atoms with E-state index in [4.69, 9.17) is 9.47 Å². The van der Waals surface area contributed by atoms with Crippen molar-refractivity contribution in [2.75, 3.05) is 44.6 Å². The van der Waals surface area contributed by atoms with Gasteiger partial charge in [0.1, 0.15) is 5.75 Å². The number of fused-ring (bicyclic) bond motifs is 2. The molecule has 1 aliphatic carbocycles. The van der Waals surface area contributed by atoms with Crippen molar-refractivity contribution in [2.24, 2.45) is 0 Å². The molecule has 2 aromatic rings. The topological polar surface area (TPSA) is 59.1 Å². The summed E-state index contributed by atoms with van der Waals surface area (Å²) in [6, 6.07) is 11.6. The van der Waals surface area contributed by atoms with E-state index in [1.54, 1.807) is 24.9 Å². The Balaban J connectivity index is 1.48. The van der Waals surface area contributed by atoms with Gasteiger partial charge in [-0.05, 0) is 70.4 Å². The summed E-state index contributed by atoms with van der Waals surface area (Å²) in [5.74, 6) is 0.879. The average molecular weight is 558 g/mol. The van der Waals surface area contributed by atoms with Crippen molar-refractivity contribution in [3.63, 3.8) is 0 Å². The summed E-state index contributed by atoms with van der Waals surface area (Å²) in [4.78, 5) is 31.2. The van der Waals surface area contributed by atoms with E-state index < -0.39 is 5.41 Å². The number of carbonyl (C=O) groups excluding carboxylic acids is 2. The van der Waals surface area contributed by atoms with Crippen molar-refractivity contribution in [3.8, 4) is 5.75 Å². The zero-order valence-corrected chi connectivity index (χ0v) is 22.4. The first-order valence-electron chi connectivity index (χ1n) is 11.9. The van der Waals surface area contributed by atoms with Gasteiger partial charge >= 0.3 is 0 Å². The van der Waals surface area contributed by atoms with E-state index in [2.05, 4.69) is 20.8 Å². The Morgan fingerprint density at radius 3 is 2.51 bits per heavy atom. The fourth-order valence-corrected chi connectivity index (χ4v) is 6.53. The number of rotatable bonds is 7. The third kappa shape index (κ3) is 4.41. The van der Waals surface area contributed by atoms with Crippen molar-refractivity contribution < 1.29 is 19.1 Å². The molecule has 0 unspecified atom stereocenters. The van der Waals surface area contributed by atoms with E-state index in [1.165, 1.54) is 0 Å². The van der Waals surface area contributed by atoms with Crippen LogP contribution in [0.15, 0.2) is 52.0 Å². The number of benzene rings is 2. The van der Waals surface area contributed by atoms with Crippen molar-refractivity contribution >= 4 is 45.1 Å². The van der Waals surface area contributed by atoms with Crippen LogP contribution in [0, 0.1) is 0 Å². The highest BCUT2D eigenvalue weighted by Crippen LogP contribution is 2.56. The Bertz CT molecular complexity index is 1170. The summed E-state index contributed by atoms with van der Waals surface area (Å²) in [6.07, 6.45) is 6.38. The number of hydrogen-bond acceptors (Lipinski definition) is 6. The number of nitrogens with zero attached hydrogens (tertiary/aromatic N) is 2. The van der Waals surface area contributed by atoms with Crippen LogP contribution in [0.5, 0.6) is 5.75 Å². The fraction of sp³-hybridized carbons (Fsp3) is 0.407. The number of thioether (sulfide) groups is 1. The van der Waals surface area contributed by atoms with Crippen LogP contribution in [0.2, 0.25) is 0 Å². The number of ether oxygens (including phenoxy) is 2. The van der Waals surface area contributed by atoms with Crippen LogP contribution >= 0.6 is 27.7 Å². The second-order valence-corrected chi connectivity index (χ2v) is 10.9. The number of hydrogen-bond donors (Lipinski definition) is 0. The molecule has 1 saturated heterocycles. The molecule has 0 aromatic heterocycles. The monoisotopic (exact) mass is 556 g/mol. The van der Waals surface area contributed by atoms with Gasteiger partial charge in [-0.25, -0.2) is 0 Å². The first-order valence-corrected chi connectivity index (χ1v) is 13.9. The minimum absolute atomic E-state index is 0.0418. The van der Waals surface area contributed by atoms with Gasteiger partial charge in [-0.3, -0.25) is 9.59 Å². The third-order valence-corrected chi connectivity index (χ3v) is 8.68. The van der Waals surface area contributed by atoms with E-state index in [9.17, 15) is 9.59 Å². The number of methoxy groups -OCH3 is 1. The van der Waals surface area contributed by atoms with E-state index in [0.29, 0.717) is 25.3 Å². The lowest BCUT2D eigenvalue weighted by atomic mass is 9.65. The Morgan fingerprint density at radius 1 is 1.20 bits per heavy atom. The number of ketones is 1. The van der Waals surface area contributed by atoms with Crippen LogP contribution in [0.1, 0.15) is 40.7 Å². The normalized spacial score (nSPS) is 19.1. The van der Waals surface area contributed by atoms with Crippen LogP contribution in [0.25, 0.3) is 0 Å². The molecule has 0 radical (unpaired) electrons. The summed E-state index contributed by atoms with van der Waals surface area (Å²) in [5, 5.41) is 0.950. The van der Waals surface area contributed by atoms with Gasteiger partial charge in [0, 0.05) is 29.2 Å². The van der Waals surface area contributed by atoms with Crippen molar-refractivity contribution in [3.05, 3.63) is 68.7 Å². The summed E-state index contributed by atoms with van der Waals surface area (Å²) in [7, 11) is 1.64. The van der Waals surface area contributed by atoms with Crippen molar-refractivity contribution in [2.45, 2.75) is 31.2 Å². The molecule has 8 heteroatoms. The quantitative estimate of drug-likeness (QED) is 0.347. The van der Waals surface area contributed by atoms with Crippen LogP contribution in [-0.2, 0) is 21.5 Å². The van der Waals surface area contributed by atoms with Gasteiger partial charge in [0.25, 0.3) is 0 Å². The van der Waals surface area contributed by atoms with Gasteiger partial charge in [0.2, 0.25) is 5.91 Å². The molecule has 0 N–H and O–H groups in total. The fourth-order valence-electron chi connectivity index (χ4n) is 5.19. The molecule has 5 rings (SSSR count). The molecule has 35 heavy (non-hydrogen) atoms. The van der Waals surface area contributed by atoms with Crippen LogP contribution in [0.3, 0.4) is 0 Å². The minimum Gasteiger partial charge on any atom is -0.497 e. The van der Waals surface area contributed by atoms with Crippen LogP contribution in [-0.4, -0.2) is 56.3 Å². The molecular weight excluding hydrogens is 528 g/mol. The molecule has 0 atom stereocenters. The Hall–Kier alpha value is -2.29. The first-order chi connectivity index (χ1) is 17.0. The van der Waals surface area contributed by atoms with Crippen LogP contribution < -0.4 is 9.64 Å². The van der Waals surface area contributed by atoms with E-state index in [-0.39, 0.29) is 11.7 Å². The number of amides is 1. The number of halogens is 1. The molecule has 3 aliphatic rings.